The monoisotopic (exact) mass is 253 g/mol. The summed E-state index contributed by atoms with van der Waals surface area (Å²) in [5, 5.41) is 2.64. The smallest absolute Gasteiger partial charge is 0.406 e. The maximum Gasteiger partial charge on any atom is 0.573 e. The summed E-state index contributed by atoms with van der Waals surface area (Å²) in [6, 6.07) is 2.88. The Hall–Kier alpha value is -1.30. The topological polar surface area (TPSA) is 21.3 Å². The van der Waals surface area contributed by atoms with Crippen molar-refractivity contribution in [2.24, 2.45) is 0 Å². The molecule has 0 saturated heterocycles. The Morgan fingerprint density at radius 2 is 1.82 bits per heavy atom. The molecule has 0 aliphatic heterocycles. The van der Waals surface area contributed by atoms with Crippen LogP contribution in [0, 0.1) is 5.82 Å². The molecule has 6 heteroatoms. The van der Waals surface area contributed by atoms with E-state index in [1.165, 1.54) is 0 Å². The zero-order valence-electron chi connectivity index (χ0n) is 9.86. The molecule has 0 atom stereocenters. The molecule has 1 N–H and O–H groups in total. The van der Waals surface area contributed by atoms with Gasteiger partial charge in [0.2, 0.25) is 0 Å². The Labute approximate surface area is 97.6 Å². The molecule has 0 aliphatic rings. The van der Waals surface area contributed by atoms with Crippen LogP contribution in [0.25, 0.3) is 0 Å². The van der Waals surface area contributed by atoms with E-state index in [2.05, 4.69) is 10.1 Å². The average molecular weight is 253 g/mol. The second-order valence-electron chi connectivity index (χ2n) is 2.83. The molecule has 0 unspecified atom stereocenters. The second kappa shape index (κ2) is 7.11. The van der Waals surface area contributed by atoms with Crippen LogP contribution in [0.1, 0.15) is 19.4 Å². The SMILES string of the molecule is CC.CNCc1cc(OC(F)(F)F)ccc1F. The predicted octanol–water partition coefficient (Wildman–Crippen LogP) is 3.47. The van der Waals surface area contributed by atoms with Crippen molar-refractivity contribution in [3.63, 3.8) is 0 Å². The molecule has 0 spiro atoms. The highest BCUT2D eigenvalue weighted by atomic mass is 19.4. The molecule has 0 fully saturated rings. The van der Waals surface area contributed by atoms with Gasteiger partial charge in [-0.25, -0.2) is 4.39 Å². The van der Waals surface area contributed by atoms with E-state index >= 15 is 0 Å². The van der Waals surface area contributed by atoms with Crippen molar-refractivity contribution in [2.75, 3.05) is 7.05 Å². The molecule has 2 nitrogen and oxygen atoms in total. The van der Waals surface area contributed by atoms with Crippen LogP contribution in [0.5, 0.6) is 5.75 Å². The molecule has 1 aromatic carbocycles. The van der Waals surface area contributed by atoms with Crippen molar-refractivity contribution in [2.45, 2.75) is 26.8 Å². The van der Waals surface area contributed by atoms with Gasteiger partial charge in [0, 0.05) is 12.1 Å². The van der Waals surface area contributed by atoms with Gasteiger partial charge >= 0.3 is 6.36 Å². The number of halogens is 4. The fourth-order valence-corrected chi connectivity index (χ4v) is 1.07. The number of nitrogens with one attached hydrogen (secondary N) is 1. The third-order valence-corrected chi connectivity index (χ3v) is 1.62. The quantitative estimate of drug-likeness (QED) is 0.833. The van der Waals surface area contributed by atoms with Gasteiger partial charge in [0.15, 0.2) is 0 Å². The lowest BCUT2D eigenvalue weighted by Crippen LogP contribution is -2.17. The van der Waals surface area contributed by atoms with Gasteiger partial charge in [-0.2, -0.15) is 0 Å². The zero-order valence-corrected chi connectivity index (χ0v) is 9.86. The Balaban J connectivity index is 0.00000121. The van der Waals surface area contributed by atoms with E-state index in [4.69, 9.17) is 0 Å². The fraction of sp³-hybridized carbons (Fsp3) is 0.455. The normalized spacial score (nSPS) is 10.5. The maximum absolute atomic E-state index is 13.0. The van der Waals surface area contributed by atoms with E-state index in [1.807, 2.05) is 13.8 Å². The van der Waals surface area contributed by atoms with Crippen LogP contribution < -0.4 is 10.1 Å². The standard InChI is InChI=1S/C9H9F4NO.C2H6/c1-14-5-6-4-7(2-3-8(6)10)15-9(11,12)13;1-2/h2-4,14H,5H2,1H3;1-2H3. The minimum absolute atomic E-state index is 0.124. The molecule has 0 heterocycles. The summed E-state index contributed by atoms with van der Waals surface area (Å²) in [5.41, 5.74) is 0.124. The van der Waals surface area contributed by atoms with Crippen molar-refractivity contribution in [3.8, 4) is 5.75 Å². The molecule has 0 aromatic heterocycles. The van der Waals surface area contributed by atoms with E-state index in [0.29, 0.717) is 0 Å². The lowest BCUT2D eigenvalue weighted by molar-refractivity contribution is -0.274. The first-order chi connectivity index (χ1) is 7.92. The summed E-state index contributed by atoms with van der Waals surface area (Å²) < 4.78 is 52.1. The van der Waals surface area contributed by atoms with Crippen LogP contribution in [0.2, 0.25) is 0 Å². The van der Waals surface area contributed by atoms with Crippen molar-refractivity contribution in [1.29, 1.82) is 0 Å². The lowest BCUT2D eigenvalue weighted by Gasteiger charge is -2.10. The van der Waals surface area contributed by atoms with Crippen LogP contribution in [0.4, 0.5) is 17.6 Å². The van der Waals surface area contributed by atoms with Crippen molar-refractivity contribution in [3.05, 3.63) is 29.6 Å². The Morgan fingerprint density at radius 3 is 2.29 bits per heavy atom. The van der Waals surface area contributed by atoms with Gasteiger partial charge in [0.05, 0.1) is 0 Å². The molecule has 0 saturated carbocycles. The molecular weight excluding hydrogens is 238 g/mol. The third-order valence-electron chi connectivity index (χ3n) is 1.62. The van der Waals surface area contributed by atoms with Crippen LogP contribution >= 0.6 is 0 Å². The van der Waals surface area contributed by atoms with Gasteiger partial charge in [0.1, 0.15) is 11.6 Å². The van der Waals surface area contributed by atoms with Gasteiger partial charge in [-0.3, -0.25) is 0 Å². The van der Waals surface area contributed by atoms with Gasteiger partial charge < -0.3 is 10.1 Å². The summed E-state index contributed by atoms with van der Waals surface area (Å²) in [4.78, 5) is 0. The summed E-state index contributed by atoms with van der Waals surface area (Å²) >= 11 is 0. The summed E-state index contributed by atoms with van der Waals surface area (Å²) in [6.45, 7) is 4.14. The van der Waals surface area contributed by atoms with Crippen molar-refractivity contribution >= 4 is 0 Å². The molecule has 0 bridgehead atoms. The first kappa shape index (κ1) is 15.7. The van der Waals surface area contributed by atoms with Crippen LogP contribution in [-0.2, 0) is 6.54 Å². The molecule has 1 rings (SSSR count). The zero-order chi connectivity index (χ0) is 13.5. The molecular formula is C11H15F4NO. The highest BCUT2D eigenvalue weighted by Crippen LogP contribution is 2.24. The fourth-order valence-electron chi connectivity index (χ4n) is 1.07. The number of benzene rings is 1. The van der Waals surface area contributed by atoms with Crippen molar-refractivity contribution in [1.82, 2.24) is 5.32 Å². The first-order valence-corrected chi connectivity index (χ1v) is 5.11. The van der Waals surface area contributed by atoms with E-state index < -0.39 is 17.9 Å². The maximum atomic E-state index is 13.0. The lowest BCUT2D eigenvalue weighted by atomic mass is 10.2. The average Bonchev–Trinajstić information content (AvgIpc) is 2.24. The number of rotatable bonds is 3. The van der Waals surface area contributed by atoms with E-state index in [9.17, 15) is 17.6 Å². The minimum atomic E-state index is -4.76. The van der Waals surface area contributed by atoms with Gasteiger partial charge in [0.25, 0.3) is 0 Å². The molecule has 1 aromatic rings. The molecule has 17 heavy (non-hydrogen) atoms. The van der Waals surface area contributed by atoms with Gasteiger partial charge in [-0.1, -0.05) is 13.8 Å². The van der Waals surface area contributed by atoms with Crippen LogP contribution in [-0.4, -0.2) is 13.4 Å². The van der Waals surface area contributed by atoms with E-state index in [0.717, 1.165) is 18.2 Å². The third kappa shape index (κ3) is 6.11. The van der Waals surface area contributed by atoms with Crippen LogP contribution in [0.3, 0.4) is 0 Å². The number of hydrogen-bond acceptors (Lipinski definition) is 2. The predicted molar refractivity (Wildman–Crippen MR) is 57.2 cm³/mol. The largest absolute Gasteiger partial charge is 0.573 e. The minimum Gasteiger partial charge on any atom is -0.406 e. The Bertz CT molecular complexity index is 339. The molecule has 98 valence electrons. The number of ether oxygens (including phenoxy) is 1. The molecule has 0 aliphatic carbocycles. The first-order valence-electron chi connectivity index (χ1n) is 5.11. The molecule has 0 amide bonds. The van der Waals surface area contributed by atoms with Gasteiger partial charge in [-0.05, 0) is 25.2 Å². The Morgan fingerprint density at radius 1 is 1.24 bits per heavy atom. The highest BCUT2D eigenvalue weighted by Gasteiger charge is 2.31. The van der Waals surface area contributed by atoms with Crippen molar-refractivity contribution < 1.29 is 22.3 Å². The highest BCUT2D eigenvalue weighted by molar-refractivity contribution is 5.29. The van der Waals surface area contributed by atoms with Crippen LogP contribution in [0.15, 0.2) is 18.2 Å². The number of hydrogen-bond donors (Lipinski definition) is 1. The number of alkyl halides is 3. The molecule has 0 radical (unpaired) electrons. The van der Waals surface area contributed by atoms with Gasteiger partial charge in [-0.15, -0.1) is 13.2 Å². The second-order valence-corrected chi connectivity index (χ2v) is 2.83. The summed E-state index contributed by atoms with van der Waals surface area (Å²) in [5.74, 6) is -0.993. The van der Waals surface area contributed by atoms with E-state index in [1.54, 1.807) is 7.05 Å². The summed E-state index contributed by atoms with van der Waals surface area (Å²) in [6.07, 6.45) is -4.76. The summed E-state index contributed by atoms with van der Waals surface area (Å²) in [7, 11) is 1.57. The van der Waals surface area contributed by atoms with E-state index in [-0.39, 0.29) is 12.1 Å². The Kier molecular flexibility index (Phi) is 6.57.